The number of halogens is 1. The zero-order valence-corrected chi connectivity index (χ0v) is 17.9. The smallest absolute Gasteiger partial charge is 0.276 e. The van der Waals surface area contributed by atoms with Crippen LogP contribution in [0.4, 0.5) is 0 Å². The summed E-state index contributed by atoms with van der Waals surface area (Å²) >= 11 is 6.07. The molecule has 3 rings (SSSR count). The predicted molar refractivity (Wildman–Crippen MR) is 112 cm³/mol. The van der Waals surface area contributed by atoms with E-state index in [9.17, 15) is 18.0 Å². The number of amides is 2. The molecule has 0 radical (unpaired) electrons. The summed E-state index contributed by atoms with van der Waals surface area (Å²) in [5.74, 6) is -0.951. The van der Waals surface area contributed by atoms with Crippen molar-refractivity contribution in [1.29, 1.82) is 5.26 Å². The molecule has 2 N–H and O–H groups in total. The van der Waals surface area contributed by atoms with Gasteiger partial charge in [0.2, 0.25) is 10.0 Å². The van der Waals surface area contributed by atoms with Gasteiger partial charge >= 0.3 is 0 Å². The Morgan fingerprint density at radius 1 is 1.10 bits per heavy atom. The first-order valence-corrected chi connectivity index (χ1v) is 11.1. The van der Waals surface area contributed by atoms with Gasteiger partial charge in [-0.15, -0.1) is 0 Å². The molecule has 0 aliphatic carbocycles. The SMILES string of the molecule is N#Cc1ccc(OCC(=O)NNC(=O)c2ccc(Cl)c(S(=O)(=O)N3CCCC3)c2)cc1. The molecular weight excluding hydrogens is 444 g/mol. The van der Waals surface area contributed by atoms with E-state index >= 15 is 0 Å². The molecule has 0 unspecified atom stereocenters. The van der Waals surface area contributed by atoms with Gasteiger partial charge in [-0.25, -0.2) is 8.42 Å². The second-order valence-corrected chi connectivity index (χ2v) is 9.00. The largest absolute Gasteiger partial charge is 0.484 e. The van der Waals surface area contributed by atoms with Crippen LogP contribution in [0.5, 0.6) is 5.75 Å². The van der Waals surface area contributed by atoms with Crippen LogP contribution in [0.25, 0.3) is 0 Å². The van der Waals surface area contributed by atoms with Crippen LogP contribution in [0.15, 0.2) is 47.4 Å². The Bertz CT molecular complexity index is 1120. The summed E-state index contributed by atoms with van der Waals surface area (Å²) in [7, 11) is -3.81. The fourth-order valence-corrected chi connectivity index (χ4v) is 4.94. The second kappa shape index (κ2) is 9.78. The zero-order valence-electron chi connectivity index (χ0n) is 16.3. The van der Waals surface area contributed by atoms with Gasteiger partial charge in [0.15, 0.2) is 6.61 Å². The van der Waals surface area contributed by atoms with Crippen molar-refractivity contribution in [2.24, 2.45) is 0 Å². The lowest BCUT2D eigenvalue weighted by Crippen LogP contribution is -2.43. The number of rotatable bonds is 6. The average molecular weight is 463 g/mol. The molecule has 11 heteroatoms. The van der Waals surface area contributed by atoms with Crippen LogP contribution in [0.2, 0.25) is 5.02 Å². The number of hydrogen-bond donors (Lipinski definition) is 2. The molecule has 9 nitrogen and oxygen atoms in total. The highest BCUT2D eigenvalue weighted by Crippen LogP contribution is 2.28. The number of carbonyl (C=O) groups is 2. The number of nitrogens with one attached hydrogen (secondary N) is 2. The second-order valence-electron chi connectivity index (χ2n) is 6.68. The van der Waals surface area contributed by atoms with Crippen LogP contribution in [-0.4, -0.2) is 44.2 Å². The third kappa shape index (κ3) is 5.52. The first kappa shape index (κ1) is 22.6. The maximum atomic E-state index is 12.8. The van der Waals surface area contributed by atoms with E-state index in [-0.39, 0.29) is 22.1 Å². The predicted octanol–water partition coefficient (Wildman–Crippen LogP) is 1.84. The summed E-state index contributed by atoms with van der Waals surface area (Å²) in [6, 6.07) is 12.0. The number of nitriles is 1. The zero-order chi connectivity index (χ0) is 22.4. The van der Waals surface area contributed by atoms with E-state index in [1.165, 1.54) is 22.5 Å². The van der Waals surface area contributed by atoms with Crippen molar-refractivity contribution in [3.8, 4) is 11.8 Å². The Balaban J connectivity index is 1.58. The van der Waals surface area contributed by atoms with Crippen LogP contribution in [0.3, 0.4) is 0 Å². The van der Waals surface area contributed by atoms with Gasteiger partial charge in [-0.3, -0.25) is 20.4 Å². The molecule has 0 saturated carbocycles. The summed E-state index contributed by atoms with van der Waals surface area (Å²) in [5.41, 5.74) is 4.88. The van der Waals surface area contributed by atoms with Crippen molar-refractivity contribution < 1.29 is 22.7 Å². The highest BCUT2D eigenvalue weighted by molar-refractivity contribution is 7.89. The van der Waals surface area contributed by atoms with Crippen molar-refractivity contribution in [3.63, 3.8) is 0 Å². The van der Waals surface area contributed by atoms with Crippen molar-refractivity contribution in [3.05, 3.63) is 58.6 Å². The van der Waals surface area contributed by atoms with Gasteiger partial charge in [0, 0.05) is 18.7 Å². The van der Waals surface area contributed by atoms with Crippen LogP contribution in [0.1, 0.15) is 28.8 Å². The van der Waals surface area contributed by atoms with Crippen molar-refractivity contribution in [2.45, 2.75) is 17.7 Å². The molecule has 1 aliphatic heterocycles. The van der Waals surface area contributed by atoms with Crippen molar-refractivity contribution >= 4 is 33.4 Å². The summed E-state index contributed by atoms with van der Waals surface area (Å²) in [5, 5.41) is 8.77. The Labute approximate surface area is 184 Å². The average Bonchev–Trinajstić information content (AvgIpc) is 3.32. The fraction of sp³-hybridized carbons (Fsp3) is 0.250. The molecule has 2 aromatic rings. The third-order valence-corrected chi connectivity index (χ3v) is 6.93. The molecule has 0 atom stereocenters. The third-order valence-electron chi connectivity index (χ3n) is 4.55. The van der Waals surface area contributed by atoms with Gasteiger partial charge in [0.05, 0.1) is 16.7 Å². The molecule has 0 spiro atoms. The van der Waals surface area contributed by atoms with Crippen LogP contribution >= 0.6 is 11.6 Å². The quantitative estimate of drug-likeness (QED) is 0.630. The first-order chi connectivity index (χ1) is 14.8. The van der Waals surface area contributed by atoms with E-state index < -0.39 is 21.8 Å². The molecule has 2 aromatic carbocycles. The van der Waals surface area contributed by atoms with Gasteiger partial charge in [0.1, 0.15) is 10.6 Å². The lowest BCUT2D eigenvalue weighted by molar-refractivity contribution is -0.123. The minimum absolute atomic E-state index is 0.0169. The van der Waals surface area contributed by atoms with E-state index in [1.807, 2.05) is 6.07 Å². The van der Waals surface area contributed by atoms with Crippen LogP contribution in [-0.2, 0) is 14.8 Å². The van der Waals surface area contributed by atoms with E-state index in [2.05, 4.69) is 10.9 Å². The summed E-state index contributed by atoms with van der Waals surface area (Å²) in [6.45, 7) is 0.441. The molecule has 0 bridgehead atoms. The Morgan fingerprint density at radius 2 is 1.77 bits per heavy atom. The molecule has 1 heterocycles. The highest BCUT2D eigenvalue weighted by Gasteiger charge is 2.29. The topological polar surface area (TPSA) is 129 Å². The molecule has 1 saturated heterocycles. The molecule has 2 amide bonds. The normalized spacial score (nSPS) is 13.9. The monoisotopic (exact) mass is 462 g/mol. The number of benzene rings is 2. The Hall–Kier alpha value is -3.13. The Morgan fingerprint density at radius 3 is 2.42 bits per heavy atom. The fourth-order valence-electron chi connectivity index (χ4n) is 2.92. The summed E-state index contributed by atoms with van der Waals surface area (Å²) in [4.78, 5) is 24.1. The molecular formula is C20H19ClN4O5S. The first-order valence-electron chi connectivity index (χ1n) is 9.33. The van der Waals surface area contributed by atoms with Gasteiger partial charge in [-0.1, -0.05) is 11.6 Å². The number of sulfonamides is 1. The van der Waals surface area contributed by atoms with E-state index in [0.29, 0.717) is 24.4 Å². The molecule has 1 fully saturated rings. The van der Waals surface area contributed by atoms with E-state index in [1.54, 1.807) is 24.3 Å². The van der Waals surface area contributed by atoms with Gasteiger partial charge in [-0.05, 0) is 55.3 Å². The molecule has 31 heavy (non-hydrogen) atoms. The lowest BCUT2D eigenvalue weighted by Gasteiger charge is -2.17. The van der Waals surface area contributed by atoms with Gasteiger partial charge in [0.25, 0.3) is 11.8 Å². The molecule has 1 aliphatic rings. The minimum Gasteiger partial charge on any atom is -0.484 e. The van der Waals surface area contributed by atoms with Crippen LogP contribution < -0.4 is 15.6 Å². The number of hydrazine groups is 1. The molecule has 0 aromatic heterocycles. The van der Waals surface area contributed by atoms with E-state index in [4.69, 9.17) is 21.6 Å². The lowest BCUT2D eigenvalue weighted by atomic mass is 10.2. The number of carbonyl (C=O) groups excluding carboxylic acids is 2. The van der Waals surface area contributed by atoms with Crippen LogP contribution in [0, 0.1) is 11.3 Å². The maximum Gasteiger partial charge on any atom is 0.276 e. The number of hydrogen-bond acceptors (Lipinski definition) is 6. The maximum absolute atomic E-state index is 12.8. The Kier molecular flexibility index (Phi) is 7.12. The van der Waals surface area contributed by atoms with Crippen molar-refractivity contribution in [2.75, 3.05) is 19.7 Å². The summed E-state index contributed by atoms with van der Waals surface area (Å²) in [6.07, 6.45) is 1.54. The minimum atomic E-state index is -3.81. The highest BCUT2D eigenvalue weighted by atomic mass is 35.5. The summed E-state index contributed by atoms with van der Waals surface area (Å²) < 4.78 is 32.1. The van der Waals surface area contributed by atoms with E-state index in [0.717, 1.165) is 12.8 Å². The van der Waals surface area contributed by atoms with Gasteiger partial charge < -0.3 is 4.74 Å². The van der Waals surface area contributed by atoms with Crippen molar-refractivity contribution in [1.82, 2.24) is 15.2 Å². The number of ether oxygens (including phenoxy) is 1. The van der Waals surface area contributed by atoms with Gasteiger partial charge in [-0.2, -0.15) is 9.57 Å². The molecule has 162 valence electrons. The number of nitrogens with zero attached hydrogens (tertiary/aromatic N) is 2. The standard InChI is InChI=1S/C20H19ClN4O5S/c21-17-8-5-15(11-18(17)31(28,29)25-9-1-2-10-25)20(27)24-23-19(26)13-30-16-6-3-14(12-22)4-7-16/h3-8,11H,1-2,9-10,13H2,(H,23,26)(H,24,27).